The number of nitrogens with two attached hydrogens (primary N) is 1. The molecule has 126 valence electrons. The molecule has 0 aliphatic rings. The van der Waals surface area contributed by atoms with Gasteiger partial charge in [0.15, 0.2) is 0 Å². The Morgan fingerprint density at radius 2 is 2.00 bits per heavy atom. The molecule has 1 amide bonds. The second-order valence-electron chi connectivity index (χ2n) is 5.46. The summed E-state index contributed by atoms with van der Waals surface area (Å²) in [6, 6.07) is 8.16. The molecule has 22 heavy (non-hydrogen) atoms. The largest absolute Gasteiger partial charge is 0.494 e. The molecule has 0 saturated carbocycles. The molecular weight excluding hydrogens is 300 g/mol. The van der Waals surface area contributed by atoms with Gasteiger partial charge in [-0.3, -0.25) is 4.79 Å². The Morgan fingerprint density at radius 1 is 1.32 bits per heavy atom. The van der Waals surface area contributed by atoms with E-state index in [-0.39, 0.29) is 24.4 Å². The van der Waals surface area contributed by atoms with Crippen molar-refractivity contribution in [1.82, 2.24) is 5.32 Å². The summed E-state index contributed by atoms with van der Waals surface area (Å²) in [7, 11) is 0. The average Bonchev–Trinajstić information content (AvgIpc) is 2.47. The molecule has 1 aromatic carbocycles. The molecule has 0 fully saturated rings. The first-order chi connectivity index (χ1) is 10.1. The number of carbonyl (C=O) groups excluding carboxylic acids is 1. The number of hydrogen-bond donors (Lipinski definition) is 2. The number of benzene rings is 1. The van der Waals surface area contributed by atoms with Crippen molar-refractivity contribution in [3.8, 4) is 5.75 Å². The van der Waals surface area contributed by atoms with Crippen LogP contribution in [-0.4, -0.2) is 25.1 Å². The smallest absolute Gasteiger partial charge is 0.220 e. The molecule has 0 aliphatic heterocycles. The fourth-order valence-corrected chi connectivity index (χ4v) is 1.88. The van der Waals surface area contributed by atoms with E-state index in [4.69, 9.17) is 10.5 Å². The van der Waals surface area contributed by atoms with Crippen LogP contribution >= 0.6 is 12.4 Å². The molecule has 0 aliphatic carbocycles. The number of ether oxygens (including phenoxy) is 1. The third kappa shape index (κ3) is 9.64. The summed E-state index contributed by atoms with van der Waals surface area (Å²) < 4.78 is 5.62. The summed E-state index contributed by atoms with van der Waals surface area (Å²) in [5, 5.41) is 2.92. The number of halogens is 1. The van der Waals surface area contributed by atoms with Crippen LogP contribution in [0.2, 0.25) is 0 Å². The molecule has 0 spiro atoms. The van der Waals surface area contributed by atoms with E-state index < -0.39 is 0 Å². The Labute approximate surface area is 140 Å². The predicted octanol–water partition coefficient (Wildman–Crippen LogP) is 3.07. The molecule has 0 aromatic heterocycles. The Bertz CT molecular complexity index is 408. The Kier molecular flexibility index (Phi) is 11.6. The van der Waals surface area contributed by atoms with Gasteiger partial charge in [0.2, 0.25) is 5.91 Å². The first kappa shape index (κ1) is 20.7. The summed E-state index contributed by atoms with van der Waals surface area (Å²) in [4.78, 5) is 11.6. The zero-order chi connectivity index (χ0) is 15.5. The van der Waals surface area contributed by atoms with Gasteiger partial charge in [0.1, 0.15) is 5.75 Å². The van der Waals surface area contributed by atoms with Gasteiger partial charge in [-0.1, -0.05) is 25.5 Å². The van der Waals surface area contributed by atoms with Gasteiger partial charge < -0.3 is 15.8 Å². The van der Waals surface area contributed by atoms with Crippen LogP contribution in [-0.2, 0) is 11.2 Å². The van der Waals surface area contributed by atoms with Crippen molar-refractivity contribution in [3.63, 3.8) is 0 Å². The minimum atomic E-state index is 0. The lowest BCUT2D eigenvalue weighted by atomic mass is 10.1. The third-order valence-electron chi connectivity index (χ3n) is 3.25. The number of hydrogen-bond acceptors (Lipinski definition) is 3. The molecule has 1 atom stereocenters. The van der Waals surface area contributed by atoms with E-state index in [2.05, 4.69) is 24.4 Å². The van der Waals surface area contributed by atoms with Crippen LogP contribution in [0.15, 0.2) is 24.3 Å². The summed E-state index contributed by atoms with van der Waals surface area (Å²) in [6.07, 6.45) is 4.28. The van der Waals surface area contributed by atoms with Crippen molar-refractivity contribution < 1.29 is 9.53 Å². The van der Waals surface area contributed by atoms with Gasteiger partial charge in [0, 0.05) is 19.0 Å². The van der Waals surface area contributed by atoms with Crippen LogP contribution in [0.4, 0.5) is 0 Å². The minimum Gasteiger partial charge on any atom is -0.494 e. The normalized spacial score (nSPS) is 11.4. The SMILES string of the molecule is CCCCOc1ccc(CCNC(=O)CCC(C)N)cc1.Cl. The highest BCUT2D eigenvalue weighted by Crippen LogP contribution is 2.12. The lowest BCUT2D eigenvalue weighted by Crippen LogP contribution is -2.27. The Morgan fingerprint density at radius 3 is 2.59 bits per heavy atom. The highest BCUT2D eigenvalue weighted by atomic mass is 35.5. The number of unbranched alkanes of at least 4 members (excludes halogenated alkanes) is 1. The van der Waals surface area contributed by atoms with Crippen LogP contribution in [0.25, 0.3) is 0 Å². The summed E-state index contributed by atoms with van der Waals surface area (Å²) >= 11 is 0. The van der Waals surface area contributed by atoms with E-state index in [0.717, 1.165) is 38.0 Å². The fraction of sp³-hybridized carbons (Fsp3) is 0.588. The first-order valence-corrected chi connectivity index (χ1v) is 7.85. The Balaban J connectivity index is 0.00000441. The van der Waals surface area contributed by atoms with Gasteiger partial charge in [-0.2, -0.15) is 0 Å². The summed E-state index contributed by atoms with van der Waals surface area (Å²) in [5.41, 5.74) is 6.83. The van der Waals surface area contributed by atoms with Crippen molar-refractivity contribution in [2.24, 2.45) is 5.73 Å². The second-order valence-corrected chi connectivity index (χ2v) is 5.46. The number of nitrogens with one attached hydrogen (secondary N) is 1. The average molecular weight is 329 g/mol. The van der Waals surface area contributed by atoms with E-state index in [1.807, 2.05) is 19.1 Å². The van der Waals surface area contributed by atoms with Crippen LogP contribution in [0.3, 0.4) is 0 Å². The molecule has 0 saturated heterocycles. The van der Waals surface area contributed by atoms with Crippen molar-refractivity contribution in [2.45, 2.75) is 52.0 Å². The molecule has 4 nitrogen and oxygen atoms in total. The van der Waals surface area contributed by atoms with Gasteiger partial charge in [-0.05, 0) is 43.9 Å². The molecular formula is C17H29ClN2O2. The maximum absolute atomic E-state index is 11.6. The van der Waals surface area contributed by atoms with Crippen molar-refractivity contribution in [2.75, 3.05) is 13.2 Å². The Hall–Kier alpha value is -1.26. The lowest BCUT2D eigenvalue weighted by molar-refractivity contribution is -0.121. The highest BCUT2D eigenvalue weighted by Gasteiger charge is 2.03. The molecule has 1 rings (SSSR count). The van der Waals surface area contributed by atoms with Gasteiger partial charge in [0.05, 0.1) is 6.61 Å². The maximum atomic E-state index is 11.6. The molecule has 0 bridgehead atoms. The lowest BCUT2D eigenvalue weighted by Gasteiger charge is -2.08. The van der Waals surface area contributed by atoms with Crippen molar-refractivity contribution in [3.05, 3.63) is 29.8 Å². The van der Waals surface area contributed by atoms with Gasteiger partial charge >= 0.3 is 0 Å². The molecule has 0 radical (unpaired) electrons. The first-order valence-electron chi connectivity index (χ1n) is 7.85. The molecule has 0 heterocycles. The van der Waals surface area contributed by atoms with Crippen LogP contribution in [0, 0.1) is 0 Å². The molecule has 3 N–H and O–H groups in total. The van der Waals surface area contributed by atoms with Crippen LogP contribution in [0.1, 0.15) is 45.1 Å². The summed E-state index contributed by atoms with van der Waals surface area (Å²) in [5.74, 6) is 0.986. The van der Waals surface area contributed by atoms with Crippen LogP contribution < -0.4 is 15.8 Å². The van der Waals surface area contributed by atoms with Gasteiger partial charge in [-0.25, -0.2) is 0 Å². The van der Waals surface area contributed by atoms with E-state index >= 15 is 0 Å². The molecule has 5 heteroatoms. The number of amides is 1. The van der Waals surface area contributed by atoms with E-state index in [1.54, 1.807) is 0 Å². The topological polar surface area (TPSA) is 64.3 Å². The standard InChI is InChI=1S/C17H28N2O2.ClH/c1-3-4-13-21-16-8-6-15(7-9-16)11-12-19-17(20)10-5-14(2)18;/h6-9,14H,3-5,10-13,18H2,1-2H3,(H,19,20);1H. The number of carbonyl (C=O) groups is 1. The van der Waals surface area contributed by atoms with E-state index in [9.17, 15) is 4.79 Å². The van der Waals surface area contributed by atoms with Crippen molar-refractivity contribution >= 4 is 18.3 Å². The second kappa shape index (κ2) is 12.3. The zero-order valence-electron chi connectivity index (χ0n) is 13.6. The van der Waals surface area contributed by atoms with Gasteiger partial charge in [-0.15, -0.1) is 12.4 Å². The number of rotatable bonds is 10. The monoisotopic (exact) mass is 328 g/mol. The van der Waals surface area contributed by atoms with Crippen molar-refractivity contribution in [1.29, 1.82) is 0 Å². The van der Waals surface area contributed by atoms with Gasteiger partial charge in [0.25, 0.3) is 0 Å². The minimum absolute atomic E-state index is 0. The summed E-state index contributed by atoms with van der Waals surface area (Å²) in [6.45, 7) is 5.49. The molecule has 1 unspecified atom stereocenters. The highest BCUT2D eigenvalue weighted by molar-refractivity contribution is 5.85. The zero-order valence-corrected chi connectivity index (χ0v) is 14.5. The predicted molar refractivity (Wildman–Crippen MR) is 93.7 cm³/mol. The van der Waals surface area contributed by atoms with E-state index in [1.165, 1.54) is 5.56 Å². The maximum Gasteiger partial charge on any atom is 0.220 e. The quantitative estimate of drug-likeness (QED) is 0.649. The fourth-order valence-electron chi connectivity index (χ4n) is 1.88. The molecule has 1 aromatic rings. The third-order valence-corrected chi connectivity index (χ3v) is 3.25. The van der Waals surface area contributed by atoms with E-state index in [0.29, 0.717) is 13.0 Å². The van der Waals surface area contributed by atoms with Crippen LogP contribution in [0.5, 0.6) is 5.75 Å².